The van der Waals surface area contributed by atoms with Crippen molar-refractivity contribution in [2.45, 2.75) is 19.8 Å². The average molecular weight is 307 g/mol. The number of rotatable bonds is 3. The van der Waals surface area contributed by atoms with Crippen molar-refractivity contribution >= 4 is 15.9 Å². The van der Waals surface area contributed by atoms with Gasteiger partial charge in [-0.15, -0.1) is 0 Å². The van der Waals surface area contributed by atoms with Crippen LogP contribution in [0.4, 0.5) is 5.69 Å². The minimum Gasteiger partial charge on any atom is -0.320 e. The van der Waals surface area contributed by atoms with E-state index in [9.17, 15) is 8.42 Å². The molecule has 0 atom stereocenters. The zero-order chi connectivity index (χ0) is 15.3. The number of piperidine rings is 1. The van der Waals surface area contributed by atoms with E-state index >= 15 is 0 Å². The summed E-state index contributed by atoms with van der Waals surface area (Å²) in [4.78, 5) is 0. The van der Waals surface area contributed by atoms with Crippen molar-refractivity contribution < 1.29 is 8.42 Å². The number of benzene rings is 1. The summed E-state index contributed by atoms with van der Waals surface area (Å²) in [5.41, 5.74) is 6.50. The maximum Gasteiger partial charge on any atom is 0.301 e. The van der Waals surface area contributed by atoms with Crippen LogP contribution in [0.2, 0.25) is 0 Å². The molecule has 1 aliphatic rings. The van der Waals surface area contributed by atoms with Crippen molar-refractivity contribution in [1.82, 2.24) is 4.31 Å². The summed E-state index contributed by atoms with van der Waals surface area (Å²) in [5, 5.41) is 0. The van der Waals surface area contributed by atoms with Gasteiger partial charge in [0, 0.05) is 18.7 Å². The second-order valence-corrected chi connectivity index (χ2v) is 6.91. The smallest absolute Gasteiger partial charge is 0.301 e. The van der Waals surface area contributed by atoms with Crippen LogP contribution in [0.5, 0.6) is 0 Å². The molecule has 0 saturated carbocycles. The van der Waals surface area contributed by atoms with Crippen molar-refractivity contribution in [3.05, 3.63) is 29.8 Å². The minimum atomic E-state index is -3.52. The molecule has 1 aromatic carbocycles. The van der Waals surface area contributed by atoms with Crippen molar-refractivity contribution in [2.24, 2.45) is 11.7 Å². The second-order valence-electron chi connectivity index (χ2n) is 5.24. The van der Waals surface area contributed by atoms with Gasteiger partial charge in [-0.25, -0.2) is 0 Å². The van der Waals surface area contributed by atoms with Crippen LogP contribution in [-0.4, -0.2) is 32.4 Å². The summed E-state index contributed by atoms with van der Waals surface area (Å²) in [6.07, 6.45) is 1.80. The molecule has 0 aliphatic carbocycles. The number of anilines is 1. The predicted octanol–water partition coefficient (Wildman–Crippen LogP) is 1.39. The van der Waals surface area contributed by atoms with E-state index in [-0.39, 0.29) is 6.54 Å². The van der Waals surface area contributed by atoms with Crippen LogP contribution in [0.25, 0.3) is 0 Å². The number of nitrogens with one attached hydrogen (secondary N) is 1. The number of nitrogens with two attached hydrogens (primary N) is 1. The Labute approximate surface area is 126 Å². The lowest BCUT2D eigenvalue weighted by atomic mass is 10.0. The monoisotopic (exact) mass is 307 g/mol. The molecule has 21 heavy (non-hydrogen) atoms. The molecule has 2 rings (SSSR count). The number of hydrogen-bond acceptors (Lipinski definition) is 3. The standard InChI is InChI=1S/C15H21N3O2S/c1-13-8-11-18(12-9-13)21(19,20)17-15-7-3-2-5-14(15)6-4-10-16/h2-3,5,7,13,17H,8-12,16H2,1H3. The van der Waals surface area contributed by atoms with Crippen LogP contribution in [0.15, 0.2) is 24.3 Å². The largest absolute Gasteiger partial charge is 0.320 e. The fourth-order valence-corrected chi connectivity index (χ4v) is 3.53. The topological polar surface area (TPSA) is 75.4 Å². The Hall–Kier alpha value is -1.55. The summed E-state index contributed by atoms with van der Waals surface area (Å²) in [7, 11) is -3.52. The Morgan fingerprint density at radius 2 is 2.00 bits per heavy atom. The van der Waals surface area contributed by atoms with Gasteiger partial charge in [-0.05, 0) is 30.9 Å². The van der Waals surface area contributed by atoms with E-state index in [0.717, 1.165) is 12.8 Å². The Morgan fingerprint density at radius 1 is 1.33 bits per heavy atom. The summed E-state index contributed by atoms with van der Waals surface area (Å²) >= 11 is 0. The van der Waals surface area contributed by atoms with Crippen molar-refractivity contribution in [1.29, 1.82) is 0 Å². The van der Waals surface area contributed by atoms with Crippen LogP contribution in [0.3, 0.4) is 0 Å². The number of para-hydroxylation sites is 1. The van der Waals surface area contributed by atoms with E-state index in [1.54, 1.807) is 18.2 Å². The Morgan fingerprint density at radius 3 is 2.67 bits per heavy atom. The van der Waals surface area contributed by atoms with Gasteiger partial charge >= 0.3 is 10.2 Å². The molecule has 114 valence electrons. The van der Waals surface area contributed by atoms with Crippen LogP contribution in [0, 0.1) is 17.8 Å². The minimum absolute atomic E-state index is 0.241. The van der Waals surface area contributed by atoms with E-state index in [0.29, 0.717) is 30.3 Å². The molecule has 0 aromatic heterocycles. The van der Waals surface area contributed by atoms with Gasteiger partial charge < -0.3 is 5.73 Å². The van der Waals surface area contributed by atoms with Gasteiger partial charge in [0.05, 0.1) is 12.2 Å². The van der Waals surface area contributed by atoms with Gasteiger partial charge in [0.1, 0.15) is 0 Å². The molecule has 0 unspecified atom stereocenters. The number of hydrogen-bond donors (Lipinski definition) is 2. The molecule has 0 amide bonds. The van der Waals surface area contributed by atoms with Crippen LogP contribution >= 0.6 is 0 Å². The van der Waals surface area contributed by atoms with Crippen molar-refractivity contribution in [2.75, 3.05) is 24.4 Å². The van der Waals surface area contributed by atoms with E-state index in [1.165, 1.54) is 4.31 Å². The van der Waals surface area contributed by atoms with Gasteiger partial charge in [-0.3, -0.25) is 4.72 Å². The third-order valence-electron chi connectivity index (χ3n) is 3.57. The SMILES string of the molecule is CC1CCN(S(=O)(=O)Nc2ccccc2C#CCN)CC1. The quantitative estimate of drug-likeness (QED) is 0.829. The van der Waals surface area contributed by atoms with E-state index in [1.807, 2.05) is 6.07 Å². The molecule has 0 bridgehead atoms. The maximum absolute atomic E-state index is 12.4. The highest BCUT2D eigenvalue weighted by molar-refractivity contribution is 7.90. The first kappa shape index (κ1) is 15.8. The molecular weight excluding hydrogens is 286 g/mol. The molecule has 1 saturated heterocycles. The molecule has 0 spiro atoms. The van der Waals surface area contributed by atoms with Gasteiger partial charge in [-0.2, -0.15) is 12.7 Å². The van der Waals surface area contributed by atoms with Gasteiger partial charge in [0.2, 0.25) is 0 Å². The maximum atomic E-state index is 12.4. The predicted molar refractivity (Wildman–Crippen MR) is 84.9 cm³/mol. The number of nitrogens with zero attached hydrogens (tertiary/aromatic N) is 1. The fraction of sp³-hybridized carbons (Fsp3) is 0.467. The van der Waals surface area contributed by atoms with E-state index < -0.39 is 10.2 Å². The van der Waals surface area contributed by atoms with Gasteiger partial charge in [0.25, 0.3) is 0 Å². The third kappa shape index (κ3) is 4.21. The fourth-order valence-electron chi connectivity index (χ4n) is 2.26. The summed E-state index contributed by atoms with van der Waals surface area (Å²) in [5.74, 6) is 6.21. The molecule has 6 heteroatoms. The zero-order valence-corrected chi connectivity index (χ0v) is 13.0. The first-order valence-electron chi connectivity index (χ1n) is 7.09. The summed E-state index contributed by atoms with van der Waals surface area (Å²) in [6.45, 7) is 3.51. The highest BCUT2D eigenvalue weighted by Gasteiger charge is 2.26. The van der Waals surface area contributed by atoms with Crippen molar-refractivity contribution in [3.8, 4) is 11.8 Å². The molecule has 1 heterocycles. The molecular formula is C15H21N3O2S. The molecule has 1 aromatic rings. The van der Waals surface area contributed by atoms with Crippen LogP contribution < -0.4 is 10.5 Å². The Bertz CT molecular complexity index is 638. The normalized spacial score (nSPS) is 17.0. The zero-order valence-electron chi connectivity index (χ0n) is 12.2. The molecule has 0 radical (unpaired) electrons. The molecule has 5 nitrogen and oxygen atoms in total. The van der Waals surface area contributed by atoms with E-state index in [4.69, 9.17) is 5.73 Å². The van der Waals surface area contributed by atoms with E-state index in [2.05, 4.69) is 23.5 Å². The van der Waals surface area contributed by atoms with Crippen LogP contribution in [0.1, 0.15) is 25.3 Å². The molecule has 1 fully saturated rings. The highest BCUT2D eigenvalue weighted by atomic mass is 32.2. The highest BCUT2D eigenvalue weighted by Crippen LogP contribution is 2.21. The van der Waals surface area contributed by atoms with Crippen molar-refractivity contribution in [3.63, 3.8) is 0 Å². The Kier molecular flexibility index (Phi) is 5.23. The van der Waals surface area contributed by atoms with Gasteiger partial charge in [-0.1, -0.05) is 30.9 Å². The summed E-state index contributed by atoms with van der Waals surface area (Å²) in [6, 6.07) is 7.09. The van der Waals surface area contributed by atoms with Crippen LogP contribution in [-0.2, 0) is 10.2 Å². The lowest BCUT2D eigenvalue weighted by Crippen LogP contribution is -2.41. The summed E-state index contributed by atoms with van der Waals surface area (Å²) < 4.78 is 29.0. The lowest BCUT2D eigenvalue weighted by molar-refractivity contribution is 0.289. The first-order valence-corrected chi connectivity index (χ1v) is 8.53. The Balaban J connectivity index is 2.17. The second kappa shape index (κ2) is 6.94. The average Bonchev–Trinajstić information content (AvgIpc) is 2.46. The molecule has 1 aliphatic heterocycles. The lowest BCUT2D eigenvalue weighted by Gasteiger charge is -2.29. The first-order chi connectivity index (χ1) is 10.0. The van der Waals surface area contributed by atoms with Gasteiger partial charge in [0.15, 0.2) is 0 Å². The third-order valence-corrected chi connectivity index (χ3v) is 5.10. The molecule has 3 N–H and O–H groups in total.